The zero-order valence-corrected chi connectivity index (χ0v) is 21.9. The smallest absolute Gasteiger partial charge is 0.326 e. The summed E-state index contributed by atoms with van der Waals surface area (Å²) < 4.78 is 0. The largest absolute Gasteiger partial charge is 0.508 e. The zero-order chi connectivity index (χ0) is 30.1. The third-order valence-electron chi connectivity index (χ3n) is 6.30. The maximum absolute atomic E-state index is 13.2. The van der Waals surface area contributed by atoms with Crippen molar-refractivity contribution in [3.05, 3.63) is 65.9 Å². The predicted octanol–water partition coefficient (Wildman–Crippen LogP) is -1.61. The number of benzene rings is 2. The van der Waals surface area contributed by atoms with Crippen LogP contribution in [0.3, 0.4) is 0 Å². The van der Waals surface area contributed by atoms with E-state index in [1.54, 1.807) is 6.20 Å². The van der Waals surface area contributed by atoms with Crippen LogP contribution in [-0.2, 0) is 36.8 Å². The number of para-hydroxylation sites is 1. The summed E-state index contributed by atoms with van der Waals surface area (Å²) in [7, 11) is 0. The highest BCUT2D eigenvalue weighted by atomic mass is 16.4. The lowest BCUT2D eigenvalue weighted by Crippen LogP contribution is -2.58. The Morgan fingerprint density at radius 3 is 2.07 bits per heavy atom. The standard InChI is InChI=1S/C27H32N6O8/c28-18(10-15-12-30-19-4-2-1-3-17(15)19)24(37)31-20(9-14-5-7-16(35)8-6-14)25(38)33-22(13-34)26(39)32-21(27(40)41)11-23(29)36/h1-8,12,18,20-22,30,34-35H,9-11,13,28H2,(H2,29,36)(H,31,37)(H,32,39)(H,33,38)(H,40,41). The molecule has 4 atom stereocenters. The fourth-order valence-corrected chi connectivity index (χ4v) is 4.13. The van der Waals surface area contributed by atoms with Gasteiger partial charge in [0.1, 0.15) is 23.9 Å². The Morgan fingerprint density at radius 2 is 1.44 bits per heavy atom. The summed E-state index contributed by atoms with van der Waals surface area (Å²) in [5, 5.41) is 36.3. The number of hydrogen-bond donors (Lipinski definition) is 9. The van der Waals surface area contributed by atoms with E-state index < -0.39 is 66.8 Å². The Bertz CT molecular complexity index is 1410. The van der Waals surface area contributed by atoms with E-state index in [1.165, 1.54) is 24.3 Å². The van der Waals surface area contributed by atoms with Gasteiger partial charge in [-0.1, -0.05) is 30.3 Å². The molecular weight excluding hydrogens is 536 g/mol. The lowest BCUT2D eigenvalue weighted by atomic mass is 10.0. The number of fused-ring (bicyclic) bond motifs is 1. The van der Waals surface area contributed by atoms with E-state index in [0.29, 0.717) is 5.56 Å². The minimum atomic E-state index is -1.68. The van der Waals surface area contributed by atoms with Gasteiger partial charge in [0.15, 0.2) is 0 Å². The molecule has 4 amide bonds. The molecule has 0 aliphatic heterocycles. The molecule has 2 aromatic carbocycles. The molecule has 0 aliphatic rings. The monoisotopic (exact) mass is 568 g/mol. The van der Waals surface area contributed by atoms with Crippen LogP contribution in [0, 0.1) is 0 Å². The van der Waals surface area contributed by atoms with Crippen molar-refractivity contribution >= 4 is 40.5 Å². The Kier molecular flexibility index (Phi) is 10.4. The molecular formula is C27H32N6O8. The number of aliphatic hydroxyl groups excluding tert-OH is 1. The number of carboxylic acid groups (broad SMARTS) is 1. The summed E-state index contributed by atoms with van der Waals surface area (Å²) in [6.45, 7) is -0.916. The summed E-state index contributed by atoms with van der Waals surface area (Å²) in [5.41, 5.74) is 13.4. The van der Waals surface area contributed by atoms with Gasteiger partial charge >= 0.3 is 5.97 Å². The number of aliphatic hydroxyl groups is 1. The Morgan fingerprint density at radius 1 is 0.829 bits per heavy atom. The van der Waals surface area contributed by atoms with Crippen molar-refractivity contribution in [2.45, 2.75) is 43.4 Å². The van der Waals surface area contributed by atoms with E-state index in [9.17, 15) is 39.3 Å². The molecule has 0 spiro atoms. The van der Waals surface area contributed by atoms with Crippen molar-refractivity contribution in [2.75, 3.05) is 6.61 Å². The van der Waals surface area contributed by atoms with E-state index in [4.69, 9.17) is 11.5 Å². The van der Waals surface area contributed by atoms with Crippen molar-refractivity contribution < 1.29 is 39.3 Å². The first kappa shape index (κ1) is 30.6. The average Bonchev–Trinajstić information content (AvgIpc) is 3.34. The molecule has 41 heavy (non-hydrogen) atoms. The summed E-state index contributed by atoms with van der Waals surface area (Å²) in [4.78, 5) is 64.5. The molecule has 0 fully saturated rings. The van der Waals surface area contributed by atoms with Gasteiger partial charge in [-0.25, -0.2) is 4.79 Å². The highest BCUT2D eigenvalue weighted by Gasteiger charge is 2.31. The minimum Gasteiger partial charge on any atom is -0.508 e. The maximum Gasteiger partial charge on any atom is 0.326 e. The molecule has 14 nitrogen and oxygen atoms in total. The second-order valence-corrected chi connectivity index (χ2v) is 9.42. The van der Waals surface area contributed by atoms with Gasteiger partial charge in [0.25, 0.3) is 0 Å². The van der Waals surface area contributed by atoms with E-state index in [-0.39, 0.29) is 18.6 Å². The summed E-state index contributed by atoms with van der Waals surface area (Å²) in [5.74, 6) is -5.15. The van der Waals surface area contributed by atoms with Crippen LogP contribution in [0.2, 0.25) is 0 Å². The second kappa shape index (κ2) is 13.9. The van der Waals surface area contributed by atoms with Crippen molar-refractivity contribution in [3.63, 3.8) is 0 Å². The number of aromatic hydroxyl groups is 1. The maximum atomic E-state index is 13.2. The molecule has 3 aromatic rings. The molecule has 14 heteroatoms. The number of aromatic nitrogens is 1. The van der Waals surface area contributed by atoms with Crippen LogP contribution >= 0.6 is 0 Å². The van der Waals surface area contributed by atoms with Gasteiger partial charge in [-0.05, 0) is 35.7 Å². The summed E-state index contributed by atoms with van der Waals surface area (Å²) >= 11 is 0. The van der Waals surface area contributed by atoms with Gasteiger partial charge < -0.3 is 47.7 Å². The van der Waals surface area contributed by atoms with Crippen LogP contribution in [0.1, 0.15) is 17.5 Å². The Balaban J connectivity index is 1.74. The summed E-state index contributed by atoms with van der Waals surface area (Å²) in [6, 6.07) is 7.70. The van der Waals surface area contributed by atoms with Crippen LogP contribution in [0.25, 0.3) is 10.9 Å². The average molecular weight is 569 g/mol. The minimum absolute atomic E-state index is 0.0134. The Labute approximate surface area is 234 Å². The first-order chi connectivity index (χ1) is 19.5. The highest BCUT2D eigenvalue weighted by molar-refractivity contribution is 5.95. The number of phenols is 1. The highest BCUT2D eigenvalue weighted by Crippen LogP contribution is 2.19. The van der Waals surface area contributed by atoms with Gasteiger partial charge in [0.2, 0.25) is 23.6 Å². The number of aromatic amines is 1. The van der Waals surface area contributed by atoms with Crippen LogP contribution in [-0.4, -0.2) is 80.7 Å². The normalized spacial score (nSPS) is 13.9. The summed E-state index contributed by atoms with van der Waals surface area (Å²) in [6.07, 6.45) is 1.12. The molecule has 3 rings (SSSR count). The van der Waals surface area contributed by atoms with Gasteiger partial charge in [-0.2, -0.15) is 0 Å². The molecule has 218 valence electrons. The first-order valence-electron chi connectivity index (χ1n) is 12.6. The van der Waals surface area contributed by atoms with Crippen LogP contribution in [0.15, 0.2) is 54.7 Å². The lowest BCUT2D eigenvalue weighted by molar-refractivity contribution is -0.144. The number of H-pyrrole nitrogens is 1. The predicted molar refractivity (Wildman–Crippen MR) is 146 cm³/mol. The number of aliphatic carboxylic acids is 1. The van der Waals surface area contributed by atoms with Crippen molar-refractivity contribution in [1.82, 2.24) is 20.9 Å². The van der Waals surface area contributed by atoms with Gasteiger partial charge in [0.05, 0.1) is 19.1 Å². The molecule has 0 bridgehead atoms. The molecule has 4 unspecified atom stereocenters. The molecule has 0 aliphatic carbocycles. The zero-order valence-electron chi connectivity index (χ0n) is 21.9. The number of nitrogens with one attached hydrogen (secondary N) is 4. The molecule has 0 radical (unpaired) electrons. The van der Waals surface area contributed by atoms with Gasteiger partial charge in [0, 0.05) is 23.5 Å². The molecule has 11 N–H and O–H groups in total. The number of carbonyl (C=O) groups is 5. The number of carboxylic acids is 1. The van der Waals surface area contributed by atoms with Gasteiger partial charge in [-0.3, -0.25) is 19.2 Å². The van der Waals surface area contributed by atoms with Crippen LogP contribution < -0.4 is 27.4 Å². The number of amides is 4. The van der Waals surface area contributed by atoms with E-state index >= 15 is 0 Å². The van der Waals surface area contributed by atoms with Crippen LogP contribution in [0.4, 0.5) is 0 Å². The number of hydrogen-bond acceptors (Lipinski definition) is 8. The Hall–Kier alpha value is -4.95. The van der Waals surface area contributed by atoms with E-state index in [0.717, 1.165) is 16.5 Å². The molecule has 1 aromatic heterocycles. The van der Waals surface area contributed by atoms with Crippen LogP contribution in [0.5, 0.6) is 5.75 Å². The fourth-order valence-electron chi connectivity index (χ4n) is 4.13. The number of primary amides is 1. The van der Waals surface area contributed by atoms with E-state index in [2.05, 4.69) is 15.6 Å². The van der Waals surface area contributed by atoms with Gasteiger partial charge in [-0.15, -0.1) is 0 Å². The third kappa shape index (κ3) is 8.52. The fraction of sp³-hybridized carbons (Fsp3) is 0.296. The second-order valence-electron chi connectivity index (χ2n) is 9.42. The van der Waals surface area contributed by atoms with Crippen molar-refractivity contribution in [2.24, 2.45) is 11.5 Å². The van der Waals surface area contributed by atoms with E-state index in [1.807, 2.05) is 29.6 Å². The topological polar surface area (TPSA) is 250 Å². The molecule has 1 heterocycles. The third-order valence-corrected chi connectivity index (χ3v) is 6.30. The number of rotatable bonds is 14. The van der Waals surface area contributed by atoms with Crippen molar-refractivity contribution in [1.29, 1.82) is 0 Å². The quantitative estimate of drug-likeness (QED) is 0.108. The number of nitrogens with two attached hydrogens (primary N) is 2. The number of phenolic OH excluding ortho intramolecular Hbond substituents is 1. The SMILES string of the molecule is NC(=O)CC(NC(=O)C(CO)NC(=O)C(Cc1ccc(O)cc1)NC(=O)C(N)Cc1c[nH]c2ccccc12)C(=O)O. The van der Waals surface area contributed by atoms with Crippen molar-refractivity contribution in [3.8, 4) is 5.75 Å². The molecule has 0 saturated heterocycles. The molecule has 0 saturated carbocycles. The number of carbonyl (C=O) groups excluding carboxylic acids is 4. The first-order valence-corrected chi connectivity index (χ1v) is 12.6. The lowest BCUT2D eigenvalue weighted by Gasteiger charge is -2.24.